The van der Waals surface area contributed by atoms with Gasteiger partial charge in [0.2, 0.25) is 11.8 Å². The summed E-state index contributed by atoms with van der Waals surface area (Å²) in [6.45, 7) is 2.67. The van der Waals surface area contributed by atoms with Crippen molar-refractivity contribution < 1.29 is 14.6 Å². The second-order valence-electron chi connectivity index (χ2n) is 8.84. The van der Waals surface area contributed by atoms with Crippen LogP contribution in [0.25, 0.3) is 11.3 Å². The molecule has 0 bridgehead atoms. The van der Waals surface area contributed by atoms with Crippen LogP contribution in [0.4, 0.5) is 11.6 Å². The Morgan fingerprint density at radius 2 is 2.09 bits per heavy atom. The van der Waals surface area contributed by atoms with Crippen LogP contribution in [0.2, 0.25) is 5.02 Å². The van der Waals surface area contributed by atoms with Crippen molar-refractivity contribution in [2.24, 2.45) is 0 Å². The molecule has 8 nitrogen and oxygen atoms in total. The van der Waals surface area contributed by atoms with Crippen molar-refractivity contribution >= 4 is 23.2 Å². The lowest BCUT2D eigenvalue weighted by molar-refractivity contribution is 0.195. The minimum Gasteiger partial charge on any atom is -0.480 e. The SMILES string of the molecule is COCCCc1nc(OC)c(Nc2nccc(-c3cc(C#N)c4c(c3)[C@](C)(CO)CC4)n2)cc1Cl. The molecule has 0 amide bonds. The minimum atomic E-state index is -0.369. The van der Waals surface area contributed by atoms with Gasteiger partial charge in [-0.3, -0.25) is 0 Å². The molecular formula is C26H28ClN5O3. The van der Waals surface area contributed by atoms with Crippen LogP contribution in [0, 0.1) is 11.3 Å². The van der Waals surface area contributed by atoms with E-state index in [-0.39, 0.29) is 12.0 Å². The van der Waals surface area contributed by atoms with Gasteiger partial charge in [0.15, 0.2) is 0 Å². The van der Waals surface area contributed by atoms with E-state index in [1.807, 2.05) is 19.1 Å². The Kier molecular flexibility index (Phi) is 7.51. The lowest BCUT2D eigenvalue weighted by Gasteiger charge is -2.23. The van der Waals surface area contributed by atoms with E-state index in [2.05, 4.69) is 26.3 Å². The number of aromatic nitrogens is 3. The number of rotatable bonds is 9. The first kappa shape index (κ1) is 24.9. The Labute approximate surface area is 209 Å². The van der Waals surface area contributed by atoms with E-state index in [0.717, 1.165) is 41.6 Å². The highest BCUT2D eigenvalue weighted by atomic mass is 35.5. The van der Waals surface area contributed by atoms with Crippen LogP contribution >= 0.6 is 11.6 Å². The molecule has 2 heterocycles. The molecule has 1 aliphatic rings. The maximum atomic E-state index is 10.0. The van der Waals surface area contributed by atoms with E-state index in [4.69, 9.17) is 21.1 Å². The number of ether oxygens (including phenoxy) is 2. The van der Waals surface area contributed by atoms with Crippen LogP contribution in [-0.2, 0) is 23.0 Å². The molecule has 1 aromatic carbocycles. The average Bonchev–Trinajstić information content (AvgIpc) is 3.22. The Bertz CT molecular complexity index is 1280. The van der Waals surface area contributed by atoms with E-state index < -0.39 is 0 Å². The third-order valence-corrected chi connectivity index (χ3v) is 6.79. The van der Waals surface area contributed by atoms with Crippen molar-refractivity contribution in [2.75, 3.05) is 32.8 Å². The molecule has 35 heavy (non-hydrogen) atoms. The maximum Gasteiger partial charge on any atom is 0.237 e. The number of aryl methyl sites for hydroxylation is 1. The van der Waals surface area contributed by atoms with Gasteiger partial charge >= 0.3 is 0 Å². The number of pyridine rings is 1. The van der Waals surface area contributed by atoms with Gasteiger partial charge in [-0.15, -0.1) is 0 Å². The molecule has 0 saturated carbocycles. The molecule has 0 radical (unpaired) electrons. The molecule has 0 saturated heterocycles. The average molecular weight is 494 g/mol. The Hall–Kier alpha value is -3.25. The number of fused-ring (bicyclic) bond motifs is 1. The van der Waals surface area contributed by atoms with Crippen molar-refractivity contribution in [1.29, 1.82) is 5.26 Å². The maximum absolute atomic E-state index is 10.0. The zero-order valence-corrected chi connectivity index (χ0v) is 20.8. The molecule has 0 unspecified atom stereocenters. The first-order valence-corrected chi connectivity index (χ1v) is 11.8. The fraction of sp³-hybridized carbons (Fsp3) is 0.385. The standard InChI is InChI=1S/C26H28ClN5O3/c1-26(15-33)8-6-18-17(14-28)11-16(12-19(18)26)21-7-9-29-25(31-21)32-23-13-20(27)22(5-4-10-34-2)30-24(23)35-3/h7,9,11-13,33H,4-6,8,10,15H2,1-3H3,(H,29,31,32)/t26-/m0/s1. The monoisotopic (exact) mass is 493 g/mol. The molecule has 2 N–H and O–H groups in total. The number of hydrogen-bond acceptors (Lipinski definition) is 8. The number of benzene rings is 1. The van der Waals surface area contributed by atoms with Gasteiger partial charge in [0.25, 0.3) is 0 Å². The molecule has 1 aliphatic carbocycles. The molecule has 1 atom stereocenters. The summed E-state index contributed by atoms with van der Waals surface area (Å²) >= 11 is 6.47. The second-order valence-corrected chi connectivity index (χ2v) is 9.25. The summed E-state index contributed by atoms with van der Waals surface area (Å²) in [6, 6.07) is 9.73. The fourth-order valence-corrected chi connectivity index (χ4v) is 4.69. The number of aliphatic hydroxyl groups excluding tert-OH is 1. The topological polar surface area (TPSA) is 113 Å². The minimum absolute atomic E-state index is 0.0277. The van der Waals surface area contributed by atoms with Crippen LogP contribution in [0.1, 0.15) is 42.1 Å². The molecule has 4 rings (SSSR count). The zero-order chi connectivity index (χ0) is 25.0. The van der Waals surface area contributed by atoms with Gasteiger partial charge in [0, 0.05) is 30.9 Å². The normalized spacial score (nSPS) is 16.6. The number of anilines is 2. The van der Waals surface area contributed by atoms with Gasteiger partial charge < -0.3 is 19.9 Å². The number of aliphatic hydroxyl groups is 1. The van der Waals surface area contributed by atoms with Crippen molar-refractivity contribution in [3.05, 3.63) is 57.9 Å². The third kappa shape index (κ3) is 5.08. The van der Waals surface area contributed by atoms with E-state index >= 15 is 0 Å². The largest absolute Gasteiger partial charge is 0.480 e. The van der Waals surface area contributed by atoms with Crippen LogP contribution in [0.5, 0.6) is 5.88 Å². The number of methoxy groups -OCH3 is 2. The molecule has 2 aromatic heterocycles. The van der Waals surface area contributed by atoms with E-state index in [1.165, 1.54) is 0 Å². The molecule has 3 aromatic rings. The smallest absolute Gasteiger partial charge is 0.237 e. The first-order valence-electron chi connectivity index (χ1n) is 11.4. The number of halogens is 1. The predicted octanol–water partition coefficient (Wildman–Crippen LogP) is 4.59. The molecule has 0 aliphatic heterocycles. The highest BCUT2D eigenvalue weighted by Crippen LogP contribution is 2.42. The lowest BCUT2D eigenvalue weighted by Crippen LogP contribution is -2.23. The van der Waals surface area contributed by atoms with Gasteiger partial charge in [-0.2, -0.15) is 5.26 Å². The summed E-state index contributed by atoms with van der Waals surface area (Å²) in [5.74, 6) is 0.730. The van der Waals surface area contributed by atoms with Gasteiger partial charge in [-0.05, 0) is 61.1 Å². The zero-order valence-electron chi connectivity index (χ0n) is 20.1. The Morgan fingerprint density at radius 1 is 1.26 bits per heavy atom. The van der Waals surface area contributed by atoms with Crippen LogP contribution in [-0.4, -0.2) is 47.5 Å². The number of nitrogens with zero attached hydrogens (tertiary/aromatic N) is 4. The van der Waals surface area contributed by atoms with Crippen LogP contribution < -0.4 is 10.1 Å². The van der Waals surface area contributed by atoms with Crippen molar-refractivity contribution in [3.63, 3.8) is 0 Å². The fourth-order valence-electron chi connectivity index (χ4n) is 4.44. The third-order valence-electron chi connectivity index (χ3n) is 6.46. The Balaban J connectivity index is 1.66. The van der Waals surface area contributed by atoms with Crippen LogP contribution in [0.15, 0.2) is 30.5 Å². The lowest BCUT2D eigenvalue weighted by atomic mass is 9.83. The van der Waals surface area contributed by atoms with Gasteiger partial charge in [0.05, 0.1) is 41.8 Å². The van der Waals surface area contributed by atoms with Gasteiger partial charge in [-0.1, -0.05) is 18.5 Å². The Morgan fingerprint density at radius 3 is 2.80 bits per heavy atom. The quantitative estimate of drug-likeness (QED) is 0.416. The second kappa shape index (κ2) is 10.6. The van der Waals surface area contributed by atoms with Crippen molar-refractivity contribution in [2.45, 2.75) is 38.0 Å². The first-order chi connectivity index (χ1) is 16.9. The summed E-state index contributed by atoms with van der Waals surface area (Å²) in [7, 11) is 3.20. The molecule has 9 heteroatoms. The highest BCUT2D eigenvalue weighted by Gasteiger charge is 2.35. The number of nitriles is 1. The molecule has 0 spiro atoms. The van der Waals surface area contributed by atoms with E-state index in [9.17, 15) is 10.4 Å². The van der Waals surface area contributed by atoms with Gasteiger partial charge in [0.1, 0.15) is 5.69 Å². The summed E-state index contributed by atoms with van der Waals surface area (Å²) in [5.41, 5.74) is 4.99. The summed E-state index contributed by atoms with van der Waals surface area (Å²) in [4.78, 5) is 13.5. The van der Waals surface area contributed by atoms with Gasteiger partial charge in [-0.25, -0.2) is 15.0 Å². The van der Waals surface area contributed by atoms with Crippen molar-refractivity contribution in [1.82, 2.24) is 15.0 Å². The number of hydrogen-bond donors (Lipinski definition) is 2. The molecule has 0 fully saturated rings. The highest BCUT2D eigenvalue weighted by molar-refractivity contribution is 6.31. The molecule has 182 valence electrons. The van der Waals surface area contributed by atoms with Crippen molar-refractivity contribution in [3.8, 4) is 23.2 Å². The van der Waals surface area contributed by atoms with Crippen LogP contribution in [0.3, 0.4) is 0 Å². The summed E-state index contributed by atoms with van der Waals surface area (Å²) < 4.78 is 10.6. The van der Waals surface area contributed by atoms with E-state index in [1.54, 1.807) is 32.5 Å². The molecular weight excluding hydrogens is 466 g/mol. The predicted molar refractivity (Wildman–Crippen MR) is 134 cm³/mol. The summed E-state index contributed by atoms with van der Waals surface area (Å²) in [6.07, 6.45) is 4.70. The number of nitrogens with one attached hydrogen (secondary N) is 1. The summed E-state index contributed by atoms with van der Waals surface area (Å²) in [5, 5.41) is 23.4. The van der Waals surface area contributed by atoms with E-state index in [0.29, 0.717) is 46.8 Å².